The zero-order valence-electron chi connectivity index (χ0n) is 10.4. The van der Waals surface area contributed by atoms with Crippen LogP contribution in [0.5, 0.6) is 0 Å². The van der Waals surface area contributed by atoms with Crippen LogP contribution in [0.2, 0.25) is 0 Å². The highest BCUT2D eigenvalue weighted by Crippen LogP contribution is 2.31. The van der Waals surface area contributed by atoms with Crippen LogP contribution in [0.1, 0.15) is 17.0 Å². The molecule has 0 N–H and O–H groups in total. The van der Waals surface area contributed by atoms with Crippen LogP contribution in [-0.2, 0) is 13.2 Å². The number of halogens is 3. The molecule has 1 aromatic heterocycles. The summed E-state index contributed by atoms with van der Waals surface area (Å²) in [5.41, 5.74) is 0.753. The summed E-state index contributed by atoms with van der Waals surface area (Å²) in [5.74, 6) is 0.956. The zero-order valence-corrected chi connectivity index (χ0v) is 10.4. The Balaban J connectivity index is 2.52. The molecule has 0 amide bonds. The summed E-state index contributed by atoms with van der Waals surface area (Å²) in [6.45, 7) is 3.60. The van der Waals surface area contributed by atoms with E-state index in [0.717, 1.165) is 17.6 Å². The van der Waals surface area contributed by atoms with Gasteiger partial charge in [-0.15, -0.1) is 0 Å². The van der Waals surface area contributed by atoms with E-state index in [1.165, 1.54) is 12.1 Å². The van der Waals surface area contributed by atoms with Crippen LogP contribution in [-0.4, -0.2) is 4.57 Å². The van der Waals surface area contributed by atoms with Gasteiger partial charge in [0.05, 0.1) is 12.6 Å². The number of hydrogen-bond donors (Lipinski definition) is 0. The predicted molar refractivity (Wildman–Crippen MR) is 61.4 cm³/mol. The van der Waals surface area contributed by atoms with Crippen molar-refractivity contribution in [2.24, 2.45) is 7.05 Å². The average Bonchev–Trinajstić information content (AvgIpc) is 2.59. The van der Waals surface area contributed by atoms with Gasteiger partial charge in [0.2, 0.25) is 0 Å². The van der Waals surface area contributed by atoms with Crippen LogP contribution in [0.15, 0.2) is 30.6 Å². The van der Waals surface area contributed by atoms with Gasteiger partial charge < -0.3 is 0 Å². The van der Waals surface area contributed by atoms with E-state index in [0.29, 0.717) is 5.56 Å². The van der Waals surface area contributed by atoms with Crippen LogP contribution in [0.25, 0.3) is 5.69 Å². The average molecular weight is 255 g/mol. The molecule has 1 heterocycles. The highest BCUT2D eigenvalue weighted by atomic mass is 19.4. The summed E-state index contributed by atoms with van der Waals surface area (Å²) in [6.07, 6.45) is -0.586. The first-order valence-electron chi connectivity index (χ1n) is 5.52. The standard InChI is InChI=1S/C13H14F3N2/c1-9-8-11(13(14,15)16)4-5-12(9)18-7-6-17(3)10(18)2/h4-8H,1-3H3/q+1. The smallest absolute Gasteiger partial charge is 0.237 e. The Bertz CT molecular complexity index is 582. The molecule has 5 heteroatoms. The number of rotatable bonds is 1. The number of aryl methyl sites for hydroxylation is 2. The number of hydrogen-bond acceptors (Lipinski definition) is 0. The van der Waals surface area contributed by atoms with Gasteiger partial charge in [-0.05, 0) is 30.7 Å². The molecule has 0 unspecified atom stereocenters. The lowest BCUT2D eigenvalue weighted by Crippen LogP contribution is -2.29. The summed E-state index contributed by atoms with van der Waals surface area (Å²) in [7, 11) is 1.89. The van der Waals surface area contributed by atoms with Crippen molar-refractivity contribution in [3.63, 3.8) is 0 Å². The Morgan fingerprint density at radius 2 is 1.83 bits per heavy atom. The number of imidazole rings is 1. The Morgan fingerprint density at radius 1 is 1.17 bits per heavy atom. The van der Waals surface area contributed by atoms with Crippen molar-refractivity contribution in [1.82, 2.24) is 4.57 Å². The van der Waals surface area contributed by atoms with E-state index >= 15 is 0 Å². The lowest BCUT2D eigenvalue weighted by atomic mass is 10.1. The minimum atomic E-state index is -4.29. The van der Waals surface area contributed by atoms with Crippen molar-refractivity contribution < 1.29 is 17.7 Å². The number of aromatic nitrogens is 2. The molecular formula is C13H14F3N2+. The third-order valence-electron chi connectivity index (χ3n) is 3.08. The fraction of sp³-hybridized carbons (Fsp3) is 0.308. The highest BCUT2D eigenvalue weighted by Gasteiger charge is 2.31. The molecule has 18 heavy (non-hydrogen) atoms. The van der Waals surface area contributed by atoms with Gasteiger partial charge in [0.15, 0.2) is 0 Å². The molecule has 0 saturated carbocycles. The van der Waals surface area contributed by atoms with Crippen LogP contribution < -0.4 is 4.57 Å². The van der Waals surface area contributed by atoms with E-state index in [1.54, 1.807) is 6.92 Å². The second kappa shape index (κ2) is 4.15. The summed E-state index contributed by atoms with van der Waals surface area (Å²) in [5, 5.41) is 0. The summed E-state index contributed by atoms with van der Waals surface area (Å²) in [6, 6.07) is 3.79. The molecule has 0 atom stereocenters. The van der Waals surface area contributed by atoms with Crippen molar-refractivity contribution in [2.75, 3.05) is 0 Å². The number of benzene rings is 1. The van der Waals surface area contributed by atoms with Crippen molar-refractivity contribution in [3.05, 3.63) is 47.5 Å². The van der Waals surface area contributed by atoms with E-state index in [9.17, 15) is 13.2 Å². The lowest BCUT2D eigenvalue weighted by Gasteiger charge is -2.09. The van der Waals surface area contributed by atoms with Crippen LogP contribution in [0.4, 0.5) is 13.2 Å². The largest absolute Gasteiger partial charge is 0.416 e. The van der Waals surface area contributed by atoms with Gasteiger partial charge in [0, 0.05) is 6.92 Å². The third-order valence-corrected chi connectivity index (χ3v) is 3.08. The van der Waals surface area contributed by atoms with Crippen LogP contribution in [0.3, 0.4) is 0 Å². The second-order valence-corrected chi connectivity index (χ2v) is 4.33. The van der Waals surface area contributed by atoms with E-state index in [-0.39, 0.29) is 0 Å². The minimum Gasteiger partial charge on any atom is -0.237 e. The van der Waals surface area contributed by atoms with Gasteiger partial charge >= 0.3 is 6.18 Å². The first kappa shape index (κ1) is 12.7. The Labute approximate surface area is 103 Å². The molecule has 1 aromatic carbocycles. The highest BCUT2D eigenvalue weighted by molar-refractivity contribution is 5.43. The first-order chi connectivity index (χ1) is 8.30. The molecule has 0 saturated heterocycles. The van der Waals surface area contributed by atoms with Gasteiger partial charge in [-0.25, -0.2) is 4.57 Å². The predicted octanol–water partition coefficient (Wildman–Crippen LogP) is 2.94. The Morgan fingerprint density at radius 3 is 2.28 bits per heavy atom. The van der Waals surface area contributed by atoms with Crippen molar-refractivity contribution >= 4 is 0 Å². The zero-order chi connectivity index (χ0) is 13.5. The van der Waals surface area contributed by atoms with Gasteiger partial charge in [-0.3, -0.25) is 0 Å². The van der Waals surface area contributed by atoms with Crippen LogP contribution in [0, 0.1) is 13.8 Å². The molecule has 96 valence electrons. The van der Waals surface area contributed by atoms with E-state index in [4.69, 9.17) is 0 Å². The molecule has 0 aliphatic heterocycles. The van der Waals surface area contributed by atoms with E-state index < -0.39 is 11.7 Å². The SMILES string of the molecule is Cc1cc(C(F)(F)F)ccc1-n1cc[n+](C)c1C. The minimum absolute atomic E-state index is 0.601. The molecule has 2 aromatic rings. The second-order valence-electron chi connectivity index (χ2n) is 4.33. The maximum Gasteiger partial charge on any atom is 0.416 e. The quantitative estimate of drug-likeness (QED) is 0.693. The van der Waals surface area contributed by atoms with E-state index in [2.05, 4.69) is 0 Å². The van der Waals surface area contributed by atoms with Gasteiger partial charge in [-0.1, -0.05) is 0 Å². The van der Waals surface area contributed by atoms with Crippen molar-refractivity contribution in [2.45, 2.75) is 20.0 Å². The molecule has 2 rings (SSSR count). The normalized spacial score (nSPS) is 11.9. The van der Waals surface area contributed by atoms with E-state index in [1.807, 2.05) is 35.5 Å². The van der Waals surface area contributed by atoms with Gasteiger partial charge in [-0.2, -0.15) is 17.7 Å². The Kier molecular flexibility index (Phi) is 2.92. The maximum atomic E-state index is 12.6. The molecular weight excluding hydrogens is 241 g/mol. The fourth-order valence-electron chi connectivity index (χ4n) is 1.91. The number of alkyl halides is 3. The monoisotopic (exact) mass is 255 g/mol. The van der Waals surface area contributed by atoms with Crippen LogP contribution >= 0.6 is 0 Å². The van der Waals surface area contributed by atoms with Gasteiger partial charge in [0.1, 0.15) is 18.1 Å². The fourth-order valence-corrected chi connectivity index (χ4v) is 1.91. The molecule has 0 aliphatic rings. The maximum absolute atomic E-state index is 12.6. The molecule has 0 bridgehead atoms. The van der Waals surface area contributed by atoms with Crippen molar-refractivity contribution in [3.8, 4) is 5.69 Å². The molecule has 2 nitrogen and oxygen atoms in total. The lowest BCUT2D eigenvalue weighted by molar-refractivity contribution is -0.677. The van der Waals surface area contributed by atoms with Gasteiger partial charge in [0.25, 0.3) is 5.82 Å². The molecule has 0 aliphatic carbocycles. The number of nitrogens with zero attached hydrogens (tertiary/aromatic N) is 2. The summed E-state index contributed by atoms with van der Waals surface area (Å²) >= 11 is 0. The van der Waals surface area contributed by atoms with Crippen molar-refractivity contribution in [1.29, 1.82) is 0 Å². The Hall–Kier alpha value is -1.78. The third kappa shape index (κ3) is 2.12. The molecule has 0 fully saturated rings. The topological polar surface area (TPSA) is 8.81 Å². The summed E-state index contributed by atoms with van der Waals surface area (Å²) in [4.78, 5) is 0. The summed E-state index contributed by atoms with van der Waals surface area (Å²) < 4.78 is 41.5. The first-order valence-corrected chi connectivity index (χ1v) is 5.52. The molecule has 0 spiro atoms. The molecule has 0 radical (unpaired) electrons.